The smallest absolute Gasteiger partial charge is 0.346 e. The molecule has 0 unspecified atom stereocenters. The normalized spacial score (nSPS) is 11.5. The molecule has 0 radical (unpaired) electrons. The molecule has 0 fully saturated rings. The number of unbranched alkanes of at least 4 members (excludes halogenated alkanes) is 1. The average Bonchev–Trinajstić information content (AvgIpc) is 2.63. The van der Waals surface area contributed by atoms with Gasteiger partial charge in [0.25, 0.3) is 0 Å². The Labute approximate surface area is 181 Å². The number of nitrogens with one attached hydrogen (secondary N) is 1. The number of nitrogens with zero attached hydrogens (tertiary/aromatic N) is 1. The molecule has 0 aromatic heterocycles. The first-order chi connectivity index (χ1) is 13.5. The molecular weight excluding hydrogens is 384 g/mol. The zero-order chi connectivity index (χ0) is 22.4. The van der Waals surface area contributed by atoms with Crippen molar-refractivity contribution in [1.82, 2.24) is 4.90 Å². The van der Waals surface area contributed by atoms with E-state index in [1.54, 1.807) is 0 Å². The molecule has 0 aliphatic heterocycles. The molecule has 1 N–H and O–H groups in total. The van der Waals surface area contributed by atoms with Gasteiger partial charge in [0.05, 0.1) is 23.9 Å². The fourth-order valence-electron chi connectivity index (χ4n) is 1.85. The first-order valence-corrected chi connectivity index (χ1v) is 10.5. The molecular formula is C23H36N2O3S. The van der Waals surface area contributed by atoms with E-state index in [1.165, 1.54) is 18.0 Å². The Morgan fingerprint density at radius 3 is 2.34 bits per heavy atom. The quantitative estimate of drug-likeness (QED) is 0.109. The highest BCUT2D eigenvalue weighted by Crippen LogP contribution is 2.29. The number of carbonyl (C=O) groups excluding carboxylic acids is 1. The zero-order valence-corrected chi connectivity index (χ0v) is 19.6. The van der Waals surface area contributed by atoms with Crippen LogP contribution in [0.5, 0.6) is 0 Å². The predicted molar refractivity (Wildman–Crippen MR) is 124 cm³/mol. The summed E-state index contributed by atoms with van der Waals surface area (Å²) >= 11 is 1.24. The Bertz CT molecular complexity index is 676. The van der Waals surface area contributed by atoms with Gasteiger partial charge in [-0.1, -0.05) is 36.8 Å². The lowest BCUT2D eigenvalue weighted by molar-refractivity contribution is -0.138. The van der Waals surface area contributed by atoms with Crippen molar-refractivity contribution in [1.29, 1.82) is 5.41 Å². The molecule has 0 rings (SSSR count). The number of hydrogen-bond acceptors (Lipinski definition) is 6. The van der Waals surface area contributed by atoms with Crippen LogP contribution in [0.15, 0.2) is 34.4 Å². The number of thioether (sulfide) groups is 1. The lowest BCUT2D eigenvalue weighted by Gasteiger charge is -2.18. The maximum atomic E-state index is 12.6. The summed E-state index contributed by atoms with van der Waals surface area (Å²) in [4.78, 5) is 15.6. The monoisotopic (exact) mass is 420 g/mol. The van der Waals surface area contributed by atoms with E-state index < -0.39 is 0 Å². The molecule has 0 aliphatic carbocycles. The fourth-order valence-corrected chi connectivity index (χ4v) is 2.67. The third-order valence-electron chi connectivity index (χ3n) is 3.62. The maximum Gasteiger partial charge on any atom is 0.346 e. The summed E-state index contributed by atoms with van der Waals surface area (Å²) in [5, 5.41) is 7.00. The summed E-state index contributed by atoms with van der Waals surface area (Å²) in [6, 6.07) is 0. The Hall–Kier alpha value is -2.13. The molecule has 6 heteroatoms. The molecule has 0 amide bonds. The Balaban J connectivity index is 4.67. The van der Waals surface area contributed by atoms with Crippen molar-refractivity contribution in [2.24, 2.45) is 5.41 Å². The molecule has 162 valence electrons. The molecule has 0 aliphatic rings. The molecule has 29 heavy (non-hydrogen) atoms. The van der Waals surface area contributed by atoms with Gasteiger partial charge in [-0.05, 0) is 46.8 Å². The van der Waals surface area contributed by atoms with Crippen LogP contribution in [0.1, 0.15) is 53.4 Å². The van der Waals surface area contributed by atoms with E-state index in [-0.39, 0.29) is 18.0 Å². The average molecular weight is 421 g/mol. The minimum absolute atomic E-state index is 0.131. The van der Waals surface area contributed by atoms with Gasteiger partial charge in [-0.25, -0.2) is 4.79 Å². The summed E-state index contributed by atoms with van der Waals surface area (Å²) in [6.07, 6.45) is 4.28. The lowest BCUT2D eigenvalue weighted by Crippen LogP contribution is -2.16. The van der Waals surface area contributed by atoms with Crippen LogP contribution in [-0.4, -0.2) is 44.4 Å². The zero-order valence-electron chi connectivity index (χ0n) is 18.8. The third kappa shape index (κ3) is 13.6. The highest BCUT2D eigenvalue weighted by molar-refractivity contribution is 8.07. The molecule has 0 spiro atoms. The van der Waals surface area contributed by atoms with Crippen LogP contribution < -0.4 is 0 Å². The second kappa shape index (κ2) is 13.9. The van der Waals surface area contributed by atoms with Crippen molar-refractivity contribution in [2.75, 3.05) is 27.3 Å². The summed E-state index contributed by atoms with van der Waals surface area (Å²) < 4.78 is 11.0. The second-order valence-electron chi connectivity index (χ2n) is 7.81. The van der Waals surface area contributed by atoms with Crippen LogP contribution in [0.2, 0.25) is 0 Å². The van der Waals surface area contributed by atoms with Crippen LogP contribution >= 0.6 is 11.8 Å². The van der Waals surface area contributed by atoms with Crippen LogP contribution in [0.4, 0.5) is 0 Å². The predicted octanol–water partition coefficient (Wildman–Crippen LogP) is 5.36. The van der Waals surface area contributed by atoms with E-state index in [0.29, 0.717) is 28.6 Å². The maximum absolute atomic E-state index is 12.6. The van der Waals surface area contributed by atoms with E-state index in [4.69, 9.17) is 14.9 Å². The van der Waals surface area contributed by atoms with E-state index in [1.807, 2.05) is 46.7 Å². The number of esters is 1. The van der Waals surface area contributed by atoms with Gasteiger partial charge in [-0.2, -0.15) is 0 Å². The van der Waals surface area contributed by atoms with Crippen LogP contribution in [0, 0.1) is 22.7 Å². The van der Waals surface area contributed by atoms with Crippen molar-refractivity contribution in [3.8, 4) is 11.8 Å². The molecule has 0 bridgehead atoms. The largest absolute Gasteiger partial charge is 0.498 e. The summed E-state index contributed by atoms with van der Waals surface area (Å²) in [5.74, 6) is 6.47. The second-order valence-corrected chi connectivity index (χ2v) is 8.91. The van der Waals surface area contributed by atoms with Gasteiger partial charge in [-0.15, -0.1) is 0 Å². The number of allylic oxidation sites excluding steroid dienone is 3. The molecule has 0 saturated heterocycles. The van der Waals surface area contributed by atoms with Crippen LogP contribution in [0.3, 0.4) is 0 Å². The Morgan fingerprint density at radius 1 is 1.17 bits per heavy atom. The number of ether oxygens (including phenoxy) is 2. The van der Waals surface area contributed by atoms with E-state index >= 15 is 0 Å². The van der Waals surface area contributed by atoms with Gasteiger partial charge >= 0.3 is 5.97 Å². The number of carbonyl (C=O) groups is 1. The molecule has 5 nitrogen and oxygen atoms in total. The van der Waals surface area contributed by atoms with E-state index in [9.17, 15) is 4.79 Å². The van der Waals surface area contributed by atoms with Gasteiger partial charge < -0.3 is 19.8 Å². The summed E-state index contributed by atoms with van der Waals surface area (Å²) in [5.41, 5.74) is 0.669. The summed E-state index contributed by atoms with van der Waals surface area (Å²) in [6.45, 7) is 16.5. The lowest BCUT2D eigenvalue weighted by atomic mass is 9.98. The van der Waals surface area contributed by atoms with E-state index in [0.717, 1.165) is 25.0 Å². The third-order valence-corrected chi connectivity index (χ3v) is 4.63. The van der Waals surface area contributed by atoms with Crippen molar-refractivity contribution in [3.63, 3.8) is 0 Å². The minimum Gasteiger partial charge on any atom is -0.498 e. The first kappa shape index (κ1) is 26.9. The van der Waals surface area contributed by atoms with E-state index in [2.05, 4.69) is 25.0 Å². The van der Waals surface area contributed by atoms with Gasteiger partial charge in [-0.3, -0.25) is 0 Å². The van der Waals surface area contributed by atoms with Crippen LogP contribution in [0.25, 0.3) is 0 Å². The van der Waals surface area contributed by atoms with Gasteiger partial charge in [0.1, 0.15) is 4.91 Å². The topological polar surface area (TPSA) is 62.6 Å². The molecule has 0 aromatic carbocycles. The Morgan fingerprint density at radius 2 is 1.79 bits per heavy atom. The van der Waals surface area contributed by atoms with Crippen molar-refractivity contribution < 1.29 is 14.3 Å². The Kier molecular flexibility index (Phi) is 12.9. The molecule has 0 atom stereocenters. The number of hydrogen-bond donors (Lipinski definition) is 1. The highest BCUT2D eigenvalue weighted by Gasteiger charge is 2.18. The minimum atomic E-state index is -0.385. The van der Waals surface area contributed by atoms with Crippen molar-refractivity contribution >= 4 is 23.9 Å². The van der Waals surface area contributed by atoms with Gasteiger partial charge in [0.15, 0.2) is 0 Å². The standard InChI is InChI=1S/C23H36N2O3S/c1-18(12-9-10-15-24)27-16-11-17-28-22(26)21(20(3)25(7)8)29-19(2)13-14-23(4,5)6/h15,24H,1-2,9-12,16-17H2,3-8H3/b21-20+,24-15?. The van der Waals surface area contributed by atoms with Crippen molar-refractivity contribution in [3.05, 3.63) is 34.4 Å². The fraction of sp³-hybridized carbons (Fsp3) is 0.565. The van der Waals surface area contributed by atoms with Gasteiger partial charge in [0.2, 0.25) is 0 Å². The first-order valence-electron chi connectivity index (χ1n) is 9.72. The molecule has 0 heterocycles. The van der Waals surface area contributed by atoms with Gasteiger partial charge in [0, 0.05) is 38.0 Å². The van der Waals surface area contributed by atoms with Crippen molar-refractivity contribution in [2.45, 2.75) is 53.4 Å². The summed E-state index contributed by atoms with van der Waals surface area (Å²) in [7, 11) is 3.76. The van der Waals surface area contributed by atoms with Crippen LogP contribution in [-0.2, 0) is 14.3 Å². The SMILES string of the molecule is C=C(CCCC=N)OCCCOC(=O)/C(SC(=C)C#CC(C)(C)C)=C(/C)N(C)C. The highest BCUT2D eigenvalue weighted by atomic mass is 32.2. The molecule has 0 saturated carbocycles. The number of rotatable bonds is 13. The molecule has 0 aromatic rings.